The molecule has 19 heavy (non-hydrogen) atoms. The summed E-state index contributed by atoms with van der Waals surface area (Å²) in [5, 5.41) is 0. The summed E-state index contributed by atoms with van der Waals surface area (Å²) in [6, 6.07) is 3.87. The molecule has 7 heteroatoms. The summed E-state index contributed by atoms with van der Waals surface area (Å²) in [5.41, 5.74) is 5.88. The third-order valence-electron chi connectivity index (χ3n) is 3.46. The van der Waals surface area contributed by atoms with Crippen LogP contribution in [0.3, 0.4) is 0 Å². The van der Waals surface area contributed by atoms with E-state index in [2.05, 4.69) is 15.9 Å². The molecule has 0 bridgehead atoms. The molecule has 106 valence electrons. The molecule has 1 saturated heterocycles. The van der Waals surface area contributed by atoms with Gasteiger partial charge in [0.25, 0.3) is 0 Å². The zero-order chi connectivity index (χ0) is 14.2. The average Bonchev–Trinajstić information content (AvgIpc) is 2.35. The highest BCUT2D eigenvalue weighted by Crippen LogP contribution is 2.25. The Hall–Kier alpha value is -0.500. The average molecular weight is 351 g/mol. The lowest BCUT2D eigenvalue weighted by atomic mass is 9.96. The van der Waals surface area contributed by atoms with Gasteiger partial charge >= 0.3 is 0 Å². The predicted molar refractivity (Wildman–Crippen MR) is 74.6 cm³/mol. The SMILES string of the molecule is CC1CN(S(=O)(=O)c2ccc(Br)c(F)c2)CCC1N. The number of sulfonamides is 1. The van der Waals surface area contributed by atoms with Crippen LogP contribution in [0, 0.1) is 11.7 Å². The molecule has 0 radical (unpaired) electrons. The van der Waals surface area contributed by atoms with Crippen LogP contribution in [0.2, 0.25) is 0 Å². The quantitative estimate of drug-likeness (QED) is 0.886. The topological polar surface area (TPSA) is 63.4 Å². The first-order valence-corrected chi connectivity index (χ1v) is 8.26. The van der Waals surface area contributed by atoms with E-state index in [0.717, 1.165) is 6.07 Å². The summed E-state index contributed by atoms with van der Waals surface area (Å²) in [5.74, 6) is -0.480. The Kier molecular flexibility index (Phi) is 4.29. The molecule has 0 saturated carbocycles. The fourth-order valence-electron chi connectivity index (χ4n) is 2.13. The molecule has 1 aliphatic heterocycles. The summed E-state index contributed by atoms with van der Waals surface area (Å²) < 4.78 is 39.9. The van der Waals surface area contributed by atoms with Crippen LogP contribution in [0.25, 0.3) is 0 Å². The zero-order valence-corrected chi connectivity index (χ0v) is 12.9. The minimum Gasteiger partial charge on any atom is -0.327 e. The predicted octanol–water partition coefficient (Wildman–Crippen LogP) is 1.95. The van der Waals surface area contributed by atoms with Crippen LogP contribution in [0.1, 0.15) is 13.3 Å². The molecule has 0 aromatic heterocycles. The molecular formula is C12H16BrFN2O2S. The second-order valence-corrected chi connectivity index (χ2v) is 7.66. The second kappa shape index (κ2) is 5.47. The molecule has 0 spiro atoms. The van der Waals surface area contributed by atoms with Crippen molar-refractivity contribution < 1.29 is 12.8 Å². The first-order valence-electron chi connectivity index (χ1n) is 6.03. The van der Waals surface area contributed by atoms with Crippen molar-refractivity contribution in [1.82, 2.24) is 4.31 Å². The van der Waals surface area contributed by atoms with Crippen LogP contribution in [-0.4, -0.2) is 31.9 Å². The number of rotatable bonds is 2. The molecule has 1 fully saturated rings. The number of hydrogen-bond acceptors (Lipinski definition) is 3. The highest BCUT2D eigenvalue weighted by Gasteiger charge is 2.32. The van der Waals surface area contributed by atoms with Crippen LogP contribution >= 0.6 is 15.9 Å². The highest BCUT2D eigenvalue weighted by molar-refractivity contribution is 9.10. The molecule has 4 nitrogen and oxygen atoms in total. The first kappa shape index (κ1) is 14.9. The van der Waals surface area contributed by atoms with Crippen molar-refractivity contribution in [2.75, 3.05) is 13.1 Å². The van der Waals surface area contributed by atoms with E-state index in [1.54, 1.807) is 0 Å². The number of benzene rings is 1. The van der Waals surface area contributed by atoms with Crippen molar-refractivity contribution in [3.8, 4) is 0 Å². The number of piperidine rings is 1. The Balaban J connectivity index is 2.29. The largest absolute Gasteiger partial charge is 0.327 e. The van der Waals surface area contributed by atoms with Gasteiger partial charge in [0, 0.05) is 19.1 Å². The molecule has 1 aliphatic rings. The van der Waals surface area contributed by atoms with Crippen molar-refractivity contribution in [2.45, 2.75) is 24.3 Å². The number of hydrogen-bond donors (Lipinski definition) is 1. The van der Waals surface area contributed by atoms with Gasteiger partial charge in [-0.15, -0.1) is 0 Å². The van der Waals surface area contributed by atoms with Gasteiger partial charge in [-0.2, -0.15) is 4.31 Å². The summed E-state index contributed by atoms with van der Waals surface area (Å²) in [4.78, 5) is -0.0177. The minimum absolute atomic E-state index is 0.0177. The lowest BCUT2D eigenvalue weighted by molar-refractivity contribution is 0.250. The molecule has 2 atom stereocenters. The van der Waals surface area contributed by atoms with Crippen molar-refractivity contribution >= 4 is 26.0 Å². The van der Waals surface area contributed by atoms with Crippen molar-refractivity contribution in [1.29, 1.82) is 0 Å². The standard InChI is InChI=1S/C12H16BrFN2O2S/c1-8-7-16(5-4-12(8)15)19(17,18)9-2-3-10(13)11(14)6-9/h2-3,6,8,12H,4-5,7,15H2,1H3. The number of halogens is 2. The number of nitrogens with zero attached hydrogens (tertiary/aromatic N) is 1. The maximum Gasteiger partial charge on any atom is 0.243 e. The van der Waals surface area contributed by atoms with Gasteiger partial charge in [-0.3, -0.25) is 0 Å². The Morgan fingerprint density at radius 3 is 2.74 bits per heavy atom. The molecule has 1 aromatic carbocycles. The molecule has 1 heterocycles. The van der Waals surface area contributed by atoms with E-state index in [-0.39, 0.29) is 21.3 Å². The van der Waals surface area contributed by atoms with Gasteiger partial charge in [-0.1, -0.05) is 6.92 Å². The highest BCUT2D eigenvalue weighted by atomic mass is 79.9. The summed E-state index contributed by atoms with van der Waals surface area (Å²) >= 11 is 3.01. The van der Waals surface area contributed by atoms with E-state index < -0.39 is 15.8 Å². The van der Waals surface area contributed by atoms with Crippen LogP contribution in [-0.2, 0) is 10.0 Å². The monoisotopic (exact) mass is 350 g/mol. The molecular weight excluding hydrogens is 335 g/mol. The third-order valence-corrected chi connectivity index (χ3v) is 5.97. The molecule has 0 amide bonds. The molecule has 0 aliphatic carbocycles. The second-order valence-electron chi connectivity index (χ2n) is 4.87. The van der Waals surface area contributed by atoms with Gasteiger partial charge in [0.1, 0.15) is 5.82 Å². The van der Waals surface area contributed by atoms with Crippen molar-refractivity contribution in [2.24, 2.45) is 11.7 Å². The van der Waals surface area contributed by atoms with Crippen LogP contribution < -0.4 is 5.73 Å². The maximum atomic E-state index is 13.5. The number of nitrogens with two attached hydrogens (primary N) is 1. The van der Waals surface area contributed by atoms with Crippen molar-refractivity contribution in [3.05, 3.63) is 28.5 Å². The molecule has 2 rings (SSSR count). The molecule has 2 N–H and O–H groups in total. The van der Waals surface area contributed by atoms with Gasteiger partial charge in [0.2, 0.25) is 10.0 Å². The van der Waals surface area contributed by atoms with Crippen LogP contribution in [0.4, 0.5) is 4.39 Å². The summed E-state index contributed by atoms with van der Waals surface area (Å²) in [7, 11) is -3.64. The first-order chi connectivity index (χ1) is 8.82. The minimum atomic E-state index is -3.64. The van der Waals surface area contributed by atoms with Crippen LogP contribution in [0.5, 0.6) is 0 Å². The van der Waals surface area contributed by atoms with E-state index >= 15 is 0 Å². The van der Waals surface area contributed by atoms with Crippen LogP contribution in [0.15, 0.2) is 27.6 Å². The van der Waals surface area contributed by atoms with Gasteiger partial charge in [-0.25, -0.2) is 12.8 Å². The third kappa shape index (κ3) is 2.99. The van der Waals surface area contributed by atoms with E-state index in [0.29, 0.717) is 19.5 Å². The van der Waals surface area contributed by atoms with Gasteiger partial charge in [-0.05, 0) is 46.5 Å². The van der Waals surface area contributed by atoms with Gasteiger partial charge in [0.05, 0.1) is 9.37 Å². The fourth-order valence-corrected chi connectivity index (χ4v) is 3.94. The Morgan fingerprint density at radius 2 is 2.16 bits per heavy atom. The maximum absolute atomic E-state index is 13.5. The van der Waals surface area contributed by atoms with E-state index in [1.165, 1.54) is 16.4 Å². The zero-order valence-electron chi connectivity index (χ0n) is 10.5. The van der Waals surface area contributed by atoms with E-state index in [9.17, 15) is 12.8 Å². The normalized spacial score (nSPS) is 25.5. The lowest BCUT2D eigenvalue weighted by Crippen LogP contribution is -2.48. The Labute approximate surface area is 121 Å². The van der Waals surface area contributed by atoms with E-state index in [1.807, 2.05) is 6.92 Å². The summed E-state index contributed by atoms with van der Waals surface area (Å²) in [6.07, 6.45) is 0.624. The molecule has 2 unspecified atom stereocenters. The van der Waals surface area contributed by atoms with Crippen molar-refractivity contribution in [3.63, 3.8) is 0 Å². The Bertz CT molecular complexity index is 579. The van der Waals surface area contributed by atoms with Gasteiger partial charge in [0.15, 0.2) is 0 Å². The molecule has 1 aromatic rings. The smallest absolute Gasteiger partial charge is 0.243 e. The Morgan fingerprint density at radius 1 is 1.47 bits per heavy atom. The van der Waals surface area contributed by atoms with Gasteiger partial charge < -0.3 is 5.73 Å². The van der Waals surface area contributed by atoms with E-state index in [4.69, 9.17) is 5.73 Å². The summed E-state index contributed by atoms with van der Waals surface area (Å²) in [6.45, 7) is 2.68. The lowest BCUT2D eigenvalue weighted by Gasteiger charge is -2.34. The fraction of sp³-hybridized carbons (Fsp3) is 0.500.